The van der Waals surface area contributed by atoms with Crippen molar-refractivity contribution in [2.45, 2.75) is 38.6 Å². The Morgan fingerprint density at radius 3 is 2.65 bits per heavy atom. The van der Waals surface area contributed by atoms with E-state index in [9.17, 15) is 4.79 Å². The molecule has 1 aliphatic rings. The van der Waals surface area contributed by atoms with E-state index in [1.165, 1.54) is 4.90 Å². The van der Waals surface area contributed by atoms with Crippen LogP contribution in [0.2, 0.25) is 0 Å². The summed E-state index contributed by atoms with van der Waals surface area (Å²) in [6, 6.07) is 8.43. The monoisotopic (exact) mass is 249 g/mol. The lowest BCUT2D eigenvalue weighted by Crippen LogP contribution is -2.47. The summed E-state index contributed by atoms with van der Waals surface area (Å²) in [6.45, 7) is 8.05. The van der Waals surface area contributed by atoms with E-state index in [2.05, 4.69) is 13.0 Å². The second-order valence-electron chi connectivity index (χ2n) is 5.55. The zero-order chi connectivity index (χ0) is 12.6. The van der Waals surface area contributed by atoms with Crippen molar-refractivity contribution in [2.75, 3.05) is 10.7 Å². The molecule has 1 unspecified atom stereocenters. The van der Waals surface area contributed by atoms with Crippen LogP contribution in [0.4, 0.5) is 5.69 Å². The fraction of sp³-hybridized carbons (Fsp3) is 0.500. The number of fused-ring (bicyclic) bond motifs is 1. The summed E-state index contributed by atoms with van der Waals surface area (Å²) >= 11 is 1.83. The van der Waals surface area contributed by atoms with Crippen LogP contribution in [0.3, 0.4) is 0 Å². The van der Waals surface area contributed by atoms with Gasteiger partial charge in [-0.05, 0) is 19.1 Å². The van der Waals surface area contributed by atoms with Crippen molar-refractivity contribution in [3.8, 4) is 0 Å². The third kappa shape index (κ3) is 2.34. The summed E-state index contributed by atoms with van der Waals surface area (Å²) in [5, 5.41) is 0. The van der Waals surface area contributed by atoms with E-state index in [0.29, 0.717) is 0 Å². The van der Waals surface area contributed by atoms with Crippen LogP contribution in [0.15, 0.2) is 29.2 Å². The Labute approximate surface area is 107 Å². The molecule has 1 heterocycles. The zero-order valence-electron chi connectivity index (χ0n) is 10.9. The first-order chi connectivity index (χ1) is 7.91. The highest BCUT2D eigenvalue weighted by Gasteiger charge is 2.34. The van der Waals surface area contributed by atoms with Crippen LogP contribution in [-0.4, -0.2) is 17.7 Å². The highest BCUT2D eigenvalue weighted by Crippen LogP contribution is 2.39. The van der Waals surface area contributed by atoms with Gasteiger partial charge in [0.15, 0.2) is 0 Å². The molecule has 0 fully saturated rings. The summed E-state index contributed by atoms with van der Waals surface area (Å²) < 4.78 is 0. The van der Waals surface area contributed by atoms with Gasteiger partial charge in [0.05, 0.1) is 5.69 Å². The molecule has 2 nitrogen and oxygen atoms in total. The number of para-hydroxylation sites is 1. The maximum Gasteiger partial charge on any atom is 0.232 e. The van der Waals surface area contributed by atoms with Crippen molar-refractivity contribution in [3.05, 3.63) is 24.3 Å². The zero-order valence-corrected chi connectivity index (χ0v) is 11.7. The summed E-state index contributed by atoms with van der Waals surface area (Å²) in [4.78, 5) is 15.7. The van der Waals surface area contributed by atoms with Crippen molar-refractivity contribution in [3.63, 3.8) is 0 Å². The van der Waals surface area contributed by atoms with Crippen LogP contribution in [0, 0.1) is 5.41 Å². The molecule has 17 heavy (non-hydrogen) atoms. The average Bonchev–Trinajstić information content (AvgIpc) is 2.27. The maximum atomic E-state index is 12.5. The summed E-state index contributed by atoms with van der Waals surface area (Å²) in [5.74, 6) is 1.18. The van der Waals surface area contributed by atoms with Gasteiger partial charge in [-0.15, -0.1) is 11.8 Å². The van der Waals surface area contributed by atoms with E-state index in [1.54, 1.807) is 0 Å². The molecule has 92 valence electrons. The molecule has 1 amide bonds. The topological polar surface area (TPSA) is 20.3 Å². The van der Waals surface area contributed by atoms with Crippen molar-refractivity contribution >= 4 is 23.4 Å². The highest BCUT2D eigenvalue weighted by molar-refractivity contribution is 7.99. The number of thioether (sulfide) groups is 1. The largest absolute Gasteiger partial charge is 0.307 e. The lowest BCUT2D eigenvalue weighted by molar-refractivity contribution is -0.126. The Hall–Kier alpha value is -0.960. The standard InChI is InChI=1S/C14H19NOS/c1-10-9-17-12-8-6-5-7-11(12)15(10)13(16)14(2,3)4/h5-8,10H,9H2,1-4H3. The number of hydrogen-bond acceptors (Lipinski definition) is 2. The molecule has 0 aliphatic carbocycles. The Morgan fingerprint density at radius 1 is 1.35 bits per heavy atom. The smallest absolute Gasteiger partial charge is 0.232 e. The van der Waals surface area contributed by atoms with Crippen LogP contribution < -0.4 is 4.90 Å². The average molecular weight is 249 g/mol. The number of carbonyl (C=O) groups is 1. The van der Waals surface area contributed by atoms with Gasteiger partial charge in [0.2, 0.25) is 5.91 Å². The molecular weight excluding hydrogens is 230 g/mol. The SMILES string of the molecule is CC1CSc2ccccc2N1C(=O)C(C)(C)C. The van der Waals surface area contributed by atoms with Crippen molar-refractivity contribution in [1.29, 1.82) is 0 Å². The molecule has 0 N–H and O–H groups in total. The van der Waals surface area contributed by atoms with Crippen molar-refractivity contribution in [2.24, 2.45) is 5.41 Å². The molecule has 0 saturated carbocycles. The fourth-order valence-corrected chi connectivity index (χ4v) is 3.03. The lowest BCUT2D eigenvalue weighted by atomic mass is 9.93. The van der Waals surface area contributed by atoms with Gasteiger partial charge in [-0.2, -0.15) is 0 Å². The lowest BCUT2D eigenvalue weighted by Gasteiger charge is -2.38. The van der Waals surface area contributed by atoms with Gasteiger partial charge in [-0.25, -0.2) is 0 Å². The molecule has 1 atom stereocenters. The number of anilines is 1. The molecule has 0 aromatic heterocycles. The van der Waals surface area contributed by atoms with E-state index in [0.717, 1.165) is 11.4 Å². The molecule has 0 bridgehead atoms. The van der Waals surface area contributed by atoms with Crippen LogP contribution >= 0.6 is 11.8 Å². The molecule has 1 aromatic rings. The highest BCUT2D eigenvalue weighted by atomic mass is 32.2. The first-order valence-electron chi connectivity index (χ1n) is 5.97. The van der Waals surface area contributed by atoms with E-state index >= 15 is 0 Å². The number of benzene rings is 1. The van der Waals surface area contributed by atoms with Crippen LogP contribution in [0.1, 0.15) is 27.7 Å². The minimum absolute atomic E-state index is 0.206. The van der Waals surface area contributed by atoms with Crippen LogP contribution in [0.5, 0.6) is 0 Å². The van der Waals surface area contributed by atoms with Gasteiger partial charge in [0.1, 0.15) is 0 Å². The summed E-state index contributed by atoms with van der Waals surface area (Å²) in [7, 11) is 0. The van der Waals surface area contributed by atoms with Gasteiger partial charge in [-0.1, -0.05) is 32.9 Å². The maximum absolute atomic E-state index is 12.5. The quantitative estimate of drug-likeness (QED) is 0.700. The second kappa shape index (κ2) is 4.37. The fourth-order valence-electron chi connectivity index (χ4n) is 1.97. The Bertz CT molecular complexity index is 436. The first-order valence-corrected chi connectivity index (χ1v) is 6.95. The number of nitrogens with zero attached hydrogens (tertiary/aromatic N) is 1. The van der Waals surface area contributed by atoms with E-state index in [-0.39, 0.29) is 17.4 Å². The predicted molar refractivity (Wildman–Crippen MR) is 73.6 cm³/mol. The Balaban J connectivity index is 2.43. The minimum atomic E-state index is -0.330. The third-order valence-electron chi connectivity index (χ3n) is 2.91. The molecule has 0 saturated heterocycles. The minimum Gasteiger partial charge on any atom is -0.307 e. The van der Waals surface area contributed by atoms with Gasteiger partial charge in [0, 0.05) is 22.1 Å². The Morgan fingerprint density at radius 2 is 2.00 bits per heavy atom. The third-order valence-corrected chi connectivity index (χ3v) is 4.21. The summed E-state index contributed by atoms with van der Waals surface area (Å²) in [6.07, 6.45) is 0. The number of hydrogen-bond donors (Lipinski definition) is 0. The summed E-state index contributed by atoms with van der Waals surface area (Å²) in [5.41, 5.74) is 0.736. The second-order valence-corrected chi connectivity index (χ2v) is 6.61. The number of carbonyl (C=O) groups excluding carboxylic acids is 1. The molecule has 2 rings (SSSR count). The molecule has 1 aromatic carbocycles. The van der Waals surface area contributed by atoms with Gasteiger partial charge in [0.25, 0.3) is 0 Å². The number of rotatable bonds is 0. The number of amides is 1. The molecule has 0 radical (unpaired) electrons. The van der Waals surface area contributed by atoms with Crippen LogP contribution in [0.25, 0.3) is 0 Å². The van der Waals surface area contributed by atoms with Crippen LogP contribution in [-0.2, 0) is 4.79 Å². The normalized spacial score (nSPS) is 20.0. The van der Waals surface area contributed by atoms with E-state index in [1.807, 2.05) is 55.6 Å². The molecular formula is C14H19NOS. The van der Waals surface area contributed by atoms with Gasteiger partial charge >= 0.3 is 0 Å². The van der Waals surface area contributed by atoms with E-state index in [4.69, 9.17) is 0 Å². The molecule has 0 spiro atoms. The van der Waals surface area contributed by atoms with Gasteiger partial charge in [-0.3, -0.25) is 4.79 Å². The molecule has 1 aliphatic heterocycles. The van der Waals surface area contributed by atoms with Crippen molar-refractivity contribution < 1.29 is 4.79 Å². The van der Waals surface area contributed by atoms with Crippen molar-refractivity contribution in [1.82, 2.24) is 0 Å². The Kier molecular flexibility index (Phi) is 3.21. The first kappa shape index (κ1) is 12.5. The molecule has 3 heteroatoms. The van der Waals surface area contributed by atoms with Gasteiger partial charge < -0.3 is 4.90 Å². The predicted octanol–water partition coefficient (Wildman–Crippen LogP) is 3.56. The van der Waals surface area contributed by atoms with E-state index < -0.39 is 0 Å².